The van der Waals surface area contributed by atoms with E-state index in [1.165, 1.54) is 0 Å². The molecule has 0 bridgehead atoms. The molecular weight excluding hydrogens is 344 g/mol. The minimum atomic E-state index is -0.478. The zero-order chi connectivity index (χ0) is 19.2. The average molecular weight is 368 g/mol. The molecule has 1 N–H and O–H groups in total. The SMILES string of the molecule is CCOC(=O)c1ccccc1NC(=O)c1ccc(N2CCC(C)CC2)nn1. The Morgan fingerprint density at radius 2 is 1.89 bits per heavy atom. The summed E-state index contributed by atoms with van der Waals surface area (Å²) >= 11 is 0. The molecule has 0 unspecified atom stereocenters. The van der Waals surface area contributed by atoms with Gasteiger partial charge in [-0.15, -0.1) is 10.2 Å². The molecule has 2 heterocycles. The van der Waals surface area contributed by atoms with Crippen LogP contribution in [0.25, 0.3) is 0 Å². The molecule has 2 aromatic rings. The van der Waals surface area contributed by atoms with Gasteiger partial charge < -0.3 is 15.0 Å². The maximum Gasteiger partial charge on any atom is 0.340 e. The number of benzene rings is 1. The lowest BCUT2D eigenvalue weighted by molar-refractivity contribution is 0.0527. The Kier molecular flexibility index (Phi) is 6.01. The maximum atomic E-state index is 12.5. The molecule has 1 aromatic carbocycles. The summed E-state index contributed by atoms with van der Waals surface area (Å²) in [6.07, 6.45) is 2.27. The summed E-state index contributed by atoms with van der Waals surface area (Å²) in [5.74, 6) is 0.622. The van der Waals surface area contributed by atoms with Crippen LogP contribution in [-0.4, -0.2) is 41.8 Å². The molecule has 0 atom stereocenters. The van der Waals surface area contributed by atoms with Crippen molar-refractivity contribution in [2.45, 2.75) is 26.7 Å². The van der Waals surface area contributed by atoms with Crippen LogP contribution in [0.3, 0.4) is 0 Å². The molecule has 0 saturated carbocycles. The van der Waals surface area contributed by atoms with Gasteiger partial charge in [0, 0.05) is 13.1 Å². The number of amides is 1. The van der Waals surface area contributed by atoms with E-state index in [1.807, 2.05) is 6.07 Å². The van der Waals surface area contributed by atoms with Crippen LogP contribution >= 0.6 is 0 Å². The van der Waals surface area contributed by atoms with Crippen LogP contribution < -0.4 is 10.2 Å². The number of piperidine rings is 1. The van der Waals surface area contributed by atoms with Crippen molar-refractivity contribution in [3.05, 3.63) is 47.7 Å². The first-order valence-electron chi connectivity index (χ1n) is 9.24. The van der Waals surface area contributed by atoms with Gasteiger partial charge in [-0.05, 0) is 49.9 Å². The summed E-state index contributed by atoms with van der Waals surface area (Å²) < 4.78 is 5.02. The molecule has 1 fully saturated rings. The second kappa shape index (κ2) is 8.62. The maximum absolute atomic E-state index is 12.5. The molecule has 7 heteroatoms. The number of nitrogens with zero attached hydrogens (tertiary/aromatic N) is 3. The van der Waals surface area contributed by atoms with E-state index in [0.717, 1.165) is 37.7 Å². The van der Waals surface area contributed by atoms with Crippen molar-refractivity contribution in [3.8, 4) is 0 Å². The summed E-state index contributed by atoms with van der Waals surface area (Å²) in [4.78, 5) is 26.7. The minimum absolute atomic E-state index is 0.197. The number of hydrogen-bond donors (Lipinski definition) is 1. The van der Waals surface area contributed by atoms with Gasteiger partial charge in [-0.1, -0.05) is 19.1 Å². The van der Waals surface area contributed by atoms with E-state index in [0.29, 0.717) is 11.3 Å². The van der Waals surface area contributed by atoms with E-state index in [4.69, 9.17) is 4.74 Å². The predicted molar refractivity (Wildman–Crippen MR) is 103 cm³/mol. The highest BCUT2D eigenvalue weighted by atomic mass is 16.5. The van der Waals surface area contributed by atoms with Crippen LogP contribution in [0.1, 0.15) is 47.5 Å². The molecule has 1 saturated heterocycles. The van der Waals surface area contributed by atoms with Crippen LogP contribution in [0.2, 0.25) is 0 Å². The third-order valence-electron chi connectivity index (χ3n) is 4.66. The largest absolute Gasteiger partial charge is 0.462 e. The van der Waals surface area contributed by atoms with Crippen LogP contribution in [0, 0.1) is 5.92 Å². The van der Waals surface area contributed by atoms with Crippen molar-refractivity contribution >= 4 is 23.4 Å². The first-order chi connectivity index (χ1) is 13.1. The van der Waals surface area contributed by atoms with Crippen LogP contribution in [0.4, 0.5) is 11.5 Å². The fraction of sp³-hybridized carbons (Fsp3) is 0.400. The van der Waals surface area contributed by atoms with Gasteiger partial charge in [0.2, 0.25) is 0 Å². The van der Waals surface area contributed by atoms with E-state index in [-0.39, 0.29) is 12.3 Å². The van der Waals surface area contributed by atoms with Gasteiger partial charge in [-0.25, -0.2) is 4.79 Å². The molecule has 0 spiro atoms. The number of hydrogen-bond acceptors (Lipinski definition) is 6. The fourth-order valence-corrected chi connectivity index (χ4v) is 3.02. The Morgan fingerprint density at radius 3 is 2.56 bits per heavy atom. The lowest BCUT2D eigenvalue weighted by Crippen LogP contribution is -2.33. The number of carbonyl (C=O) groups is 2. The quantitative estimate of drug-likeness (QED) is 0.816. The van der Waals surface area contributed by atoms with Crippen molar-refractivity contribution in [2.24, 2.45) is 5.92 Å². The van der Waals surface area contributed by atoms with Gasteiger partial charge in [0.15, 0.2) is 11.5 Å². The molecular formula is C20H24N4O3. The molecule has 142 valence electrons. The zero-order valence-electron chi connectivity index (χ0n) is 15.6. The van der Waals surface area contributed by atoms with E-state index in [9.17, 15) is 9.59 Å². The first-order valence-corrected chi connectivity index (χ1v) is 9.24. The second-order valence-corrected chi connectivity index (χ2v) is 6.67. The molecule has 27 heavy (non-hydrogen) atoms. The standard InChI is InChI=1S/C20H24N4O3/c1-3-27-20(26)15-6-4-5-7-16(15)21-19(25)17-8-9-18(23-22-17)24-12-10-14(2)11-13-24/h4-9,14H,3,10-13H2,1-2H3,(H,21,25). The Hall–Kier alpha value is -2.96. The van der Waals surface area contributed by atoms with Gasteiger partial charge >= 0.3 is 5.97 Å². The number of aromatic nitrogens is 2. The van der Waals surface area contributed by atoms with Gasteiger partial charge in [0.25, 0.3) is 5.91 Å². The summed E-state index contributed by atoms with van der Waals surface area (Å²) in [6, 6.07) is 10.2. The smallest absolute Gasteiger partial charge is 0.340 e. The van der Waals surface area contributed by atoms with Gasteiger partial charge in [0.1, 0.15) is 0 Å². The lowest BCUT2D eigenvalue weighted by Gasteiger charge is -2.30. The van der Waals surface area contributed by atoms with Crippen molar-refractivity contribution in [1.29, 1.82) is 0 Å². The van der Waals surface area contributed by atoms with E-state index in [1.54, 1.807) is 37.3 Å². The number of nitrogens with one attached hydrogen (secondary N) is 1. The topological polar surface area (TPSA) is 84.4 Å². The van der Waals surface area contributed by atoms with Crippen LogP contribution in [0.5, 0.6) is 0 Å². The summed E-state index contributed by atoms with van der Waals surface area (Å²) in [6.45, 7) is 6.16. The molecule has 7 nitrogen and oxygen atoms in total. The molecule has 1 aliphatic heterocycles. The van der Waals surface area contributed by atoms with Crippen LogP contribution in [-0.2, 0) is 4.74 Å². The molecule has 3 rings (SSSR count). The highest BCUT2D eigenvalue weighted by Gasteiger charge is 2.19. The highest BCUT2D eigenvalue weighted by molar-refractivity contribution is 6.07. The number of carbonyl (C=O) groups excluding carboxylic acids is 2. The number of ether oxygens (including phenoxy) is 1. The number of esters is 1. The Morgan fingerprint density at radius 1 is 1.15 bits per heavy atom. The normalized spacial score (nSPS) is 14.7. The summed E-state index contributed by atoms with van der Waals surface area (Å²) in [5.41, 5.74) is 0.888. The summed E-state index contributed by atoms with van der Waals surface area (Å²) in [7, 11) is 0. The van der Waals surface area contributed by atoms with Crippen molar-refractivity contribution in [1.82, 2.24) is 10.2 Å². The minimum Gasteiger partial charge on any atom is -0.462 e. The van der Waals surface area contributed by atoms with Gasteiger partial charge in [0.05, 0.1) is 17.9 Å². The van der Waals surface area contributed by atoms with E-state index < -0.39 is 11.9 Å². The van der Waals surface area contributed by atoms with E-state index in [2.05, 4.69) is 27.3 Å². The average Bonchev–Trinajstić information content (AvgIpc) is 2.69. The zero-order valence-corrected chi connectivity index (χ0v) is 15.6. The molecule has 0 aliphatic carbocycles. The molecule has 1 amide bonds. The van der Waals surface area contributed by atoms with Crippen LogP contribution in [0.15, 0.2) is 36.4 Å². The van der Waals surface area contributed by atoms with Crippen molar-refractivity contribution in [3.63, 3.8) is 0 Å². The third kappa shape index (κ3) is 4.61. The molecule has 1 aromatic heterocycles. The first kappa shape index (κ1) is 18.8. The number of para-hydroxylation sites is 1. The Bertz CT molecular complexity index is 799. The fourth-order valence-electron chi connectivity index (χ4n) is 3.02. The van der Waals surface area contributed by atoms with E-state index >= 15 is 0 Å². The Balaban J connectivity index is 1.69. The van der Waals surface area contributed by atoms with Gasteiger partial charge in [-0.3, -0.25) is 4.79 Å². The van der Waals surface area contributed by atoms with Crippen molar-refractivity contribution in [2.75, 3.05) is 29.9 Å². The molecule has 1 aliphatic rings. The third-order valence-corrected chi connectivity index (χ3v) is 4.66. The summed E-state index contributed by atoms with van der Waals surface area (Å²) in [5, 5.41) is 11.0. The highest BCUT2D eigenvalue weighted by Crippen LogP contribution is 2.21. The number of rotatable bonds is 5. The second-order valence-electron chi connectivity index (χ2n) is 6.67. The molecule has 0 radical (unpaired) electrons. The predicted octanol–water partition coefficient (Wildman–Crippen LogP) is 3.14. The Labute approximate surface area is 158 Å². The number of anilines is 2. The van der Waals surface area contributed by atoms with Gasteiger partial charge in [-0.2, -0.15) is 0 Å². The lowest BCUT2D eigenvalue weighted by atomic mass is 9.99. The van der Waals surface area contributed by atoms with Crippen molar-refractivity contribution < 1.29 is 14.3 Å². The monoisotopic (exact) mass is 368 g/mol.